The molecule has 209 valence electrons. The van der Waals surface area contributed by atoms with Crippen LogP contribution in [-0.2, 0) is 14.2 Å². The number of carbonyl (C=O) groups is 1. The number of aromatic nitrogens is 1. The Kier molecular flexibility index (Phi) is 10.1. The molecule has 2 unspecified atom stereocenters. The first-order valence-electron chi connectivity index (χ1n) is 13.2. The van der Waals surface area contributed by atoms with Crippen LogP contribution < -0.4 is 0 Å². The number of amides is 1. The Hall–Kier alpha value is -2.36. The van der Waals surface area contributed by atoms with Gasteiger partial charge in [-0.2, -0.15) is 0 Å². The van der Waals surface area contributed by atoms with E-state index in [-0.39, 0.29) is 12.3 Å². The second kappa shape index (κ2) is 12.7. The van der Waals surface area contributed by atoms with Gasteiger partial charge in [-0.3, -0.25) is 9.78 Å². The number of ether oxygens (including phenoxy) is 3. The Morgan fingerprint density at radius 2 is 1.76 bits per heavy atom. The Labute approximate surface area is 226 Å². The number of hydrogen-bond donors (Lipinski definition) is 2. The number of pyridine rings is 1. The summed E-state index contributed by atoms with van der Waals surface area (Å²) in [6.07, 6.45) is 4.12. The van der Waals surface area contributed by atoms with E-state index >= 15 is 0 Å². The maximum atomic E-state index is 13.4. The average molecular weight is 528 g/mol. The van der Waals surface area contributed by atoms with E-state index in [0.29, 0.717) is 44.9 Å². The molecule has 0 bridgehead atoms. The second-order valence-electron chi connectivity index (χ2n) is 11.2. The highest BCUT2D eigenvalue weighted by atomic mass is 16.5. The van der Waals surface area contributed by atoms with Gasteiger partial charge in [-0.25, -0.2) is 0 Å². The fraction of sp³-hybridized carbons (Fsp3) is 0.567. The van der Waals surface area contributed by atoms with Gasteiger partial charge >= 0.3 is 0 Å². The van der Waals surface area contributed by atoms with Gasteiger partial charge in [0.2, 0.25) is 0 Å². The SMILES string of the molecule is COCCC(OC)([C](CC(C)(C)O)c1cccnc1)C(c1cccc(C(=O)N2CCOCC2)c1)C(C)(C)O. The molecule has 0 spiro atoms. The molecule has 8 heteroatoms. The summed E-state index contributed by atoms with van der Waals surface area (Å²) in [5, 5.41) is 22.7. The molecule has 1 fully saturated rings. The summed E-state index contributed by atoms with van der Waals surface area (Å²) in [7, 11) is 3.25. The molecule has 3 rings (SSSR count). The van der Waals surface area contributed by atoms with Gasteiger partial charge in [-0.15, -0.1) is 0 Å². The highest BCUT2D eigenvalue weighted by Crippen LogP contribution is 2.51. The summed E-state index contributed by atoms with van der Waals surface area (Å²) in [5.74, 6) is 0.109. The van der Waals surface area contributed by atoms with Gasteiger partial charge in [0.25, 0.3) is 5.91 Å². The van der Waals surface area contributed by atoms with Crippen molar-refractivity contribution in [2.24, 2.45) is 0 Å². The lowest BCUT2D eigenvalue weighted by Gasteiger charge is -2.50. The lowest BCUT2D eigenvalue weighted by Crippen LogP contribution is -2.54. The Bertz CT molecular complexity index is 1030. The van der Waals surface area contributed by atoms with Crippen LogP contribution in [0.15, 0.2) is 48.8 Å². The first kappa shape index (κ1) is 30.2. The van der Waals surface area contributed by atoms with Crippen molar-refractivity contribution in [3.8, 4) is 0 Å². The number of morpholine rings is 1. The summed E-state index contributed by atoms with van der Waals surface area (Å²) in [4.78, 5) is 19.5. The molecule has 1 saturated heterocycles. The largest absolute Gasteiger partial charge is 0.390 e. The Morgan fingerprint density at radius 1 is 1.08 bits per heavy atom. The number of benzene rings is 1. The summed E-state index contributed by atoms with van der Waals surface area (Å²) in [6.45, 7) is 9.46. The van der Waals surface area contributed by atoms with Crippen molar-refractivity contribution in [3.63, 3.8) is 0 Å². The number of methoxy groups -OCH3 is 2. The van der Waals surface area contributed by atoms with E-state index in [4.69, 9.17) is 14.2 Å². The van der Waals surface area contributed by atoms with Crippen LogP contribution in [0.1, 0.15) is 67.9 Å². The van der Waals surface area contributed by atoms with Crippen molar-refractivity contribution in [1.29, 1.82) is 0 Å². The second-order valence-corrected chi connectivity index (χ2v) is 11.2. The van der Waals surface area contributed by atoms with E-state index in [1.165, 1.54) is 0 Å². The van der Waals surface area contributed by atoms with Gasteiger partial charge in [-0.1, -0.05) is 18.2 Å². The van der Waals surface area contributed by atoms with E-state index in [2.05, 4.69) is 4.98 Å². The minimum Gasteiger partial charge on any atom is -0.390 e. The van der Waals surface area contributed by atoms with Crippen LogP contribution in [0.3, 0.4) is 0 Å². The molecule has 2 aromatic rings. The molecule has 0 saturated carbocycles. The third-order valence-electron chi connectivity index (χ3n) is 7.11. The zero-order valence-electron chi connectivity index (χ0n) is 23.6. The Balaban J connectivity index is 2.20. The third kappa shape index (κ3) is 7.18. The normalized spacial score (nSPS) is 17.3. The average Bonchev–Trinajstić information content (AvgIpc) is 2.89. The molecular weight excluding hydrogens is 484 g/mol. The molecule has 8 nitrogen and oxygen atoms in total. The van der Waals surface area contributed by atoms with Crippen LogP contribution in [0.5, 0.6) is 0 Å². The van der Waals surface area contributed by atoms with Crippen molar-refractivity contribution < 1.29 is 29.2 Å². The van der Waals surface area contributed by atoms with Crippen LogP contribution in [0.25, 0.3) is 0 Å². The van der Waals surface area contributed by atoms with Crippen LogP contribution >= 0.6 is 0 Å². The first-order valence-corrected chi connectivity index (χ1v) is 13.2. The zero-order chi connectivity index (χ0) is 28.0. The van der Waals surface area contributed by atoms with Gasteiger partial charge in [0.1, 0.15) is 0 Å². The maximum Gasteiger partial charge on any atom is 0.254 e. The van der Waals surface area contributed by atoms with E-state index < -0.39 is 22.7 Å². The molecule has 1 radical (unpaired) electrons. The molecule has 1 aromatic heterocycles. The summed E-state index contributed by atoms with van der Waals surface area (Å²) < 4.78 is 17.4. The van der Waals surface area contributed by atoms with Crippen LogP contribution in [-0.4, -0.2) is 89.9 Å². The van der Waals surface area contributed by atoms with Gasteiger partial charge in [0, 0.05) is 70.1 Å². The van der Waals surface area contributed by atoms with E-state index in [0.717, 1.165) is 17.0 Å². The molecule has 2 atom stereocenters. The standard InChI is InChI=1S/C30H43N2O6/c1-28(2,34)20-25(24-11-8-13-31-21-24)30(37-6,12-16-36-5)26(29(3,4)35)22-9-7-10-23(19-22)27(33)32-14-17-38-18-15-32/h7-11,13,19,21,26,34-35H,12,14-18,20H2,1-6H3. The number of nitrogens with zero attached hydrogens (tertiary/aromatic N) is 2. The van der Waals surface area contributed by atoms with Gasteiger partial charge in [0.15, 0.2) is 0 Å². The van der Waals surface area contributed by atoms with Crippen molar-refractivity contribution in [2.75, 3.05) is 47.1 Å². The zero-order valence-corrected chi connectivity index (χ0v) is 23.6. The van der Waals surface area contributed by atoms with Gasteiger partial charge < -0.3 is 29.3 Å². The topological polar surface area (TPSA) is 101 Å². The van der Waals surface area contributed by atoms with Gasteiger partial charge in [0.05, 0.1) is 30.0 Å². The maximum absolute atomic E-state index is 13.4. The molecule has 0 aliphatic carbocycles. The third-order valence-corrected chi connectivity index (χ3v) is 7.11. The molecule has 1 aliphatic rings. The molecule has 1 amide bonds. The minimum absolute atomic E-state index is 0.0718. The summed E-state index contributed by atoms with van der Waals surface area (Å²) in [6, 6.07) is 11.2. The van der Waals surface area contributed by atoms with Crippen molar-refractivity contribution in [3.05, 3.63) is 71.4 Å². The number of aliphatic hydroxyl groups is 2. The molecule has 2 heterocycles. The Morgan fingerprint density at radius 3 is 2.32 bits per heavy atom. The van der Waals surface area contributed by atoms with E-state index in [1.807, 2.05) is 30.3 Å². The lowest BCUT2D eigenvalue weighted by atomic mass is 9.62. The summed E-state index contributed by atoms with van der Waals surface area (Å²) in [5.41, 5.74) is -1.34. The number of hydrogen-bond acceptors (Lipinski definition) is 7. The fourth-order valence-electron chi connectivity index (χ4n) is 5.58. The summed E-state index contributed by atoms with van der Waals surface area (Å²) >= 11 is 0. The highest BCUT2D eigenvalue weighted by Gasteiger charge is 2.54. The quantitative estimate of drug-likeness (QED) is 0.435. The molecule has 2 N–H and O–H groups in total. The van der Waals surface area contributed by atoms with Crippen molar-refractivity contribution >= 4 is 5.91 Å². The monoisotopic (exact) mass is 527 g/mol. The van der Waals surface area contributed by atoms with Gasteiger partial charge in [-0.05, 0) is 63.4 Å². The number of carbonyl (C=O) groups excluding carboxylic acids is 1. The molecular formula is C30H43N2O6. The van der Waals surface area contributed by atoms with Crippen molar-refractivity contribution in [2.45, 2.75) is 63.3 Å². The number of rotatable bonds is 12. The molecule has 1 aliphatic heterocycles. The minimum atomic E-state index is -1.28. The van der Waals surface area contributed by atoms with Crippen LogP contribution in [0, 0.1) is 5.92 Å². The van der Waals surface area contributed by atoms with Crippen LogP contribution in [0.2, 0.25) is 0 Å². The lowest BCUT2D eigenvalue weighted by molar-refractivity contribution is -0.103. The van der Waals surface area contributed by atoms with Crippen LogP contribution in [0.4, 0.5) is 0 Å². The highest BCUT2D eigenvalue weighted by molar-refractivity contribution is 5.94. The molecule has 38 heavy (non-hydrogen) atoms. The first-order chi connectivity index (χ1) is 17.9. The molecule has 1 aromatic carbocycles. The van der Waals surface area contributed by atoms with Crippen molar-refractivity contribution in [1.82, 2.24) is 9.88 Å². The fourth-order valence-corrected chi connectivity index (χ4v) is 5.58. The predicted octanol–water partition coefficient (Wildman–Crippen LogP) is 3.61. The van der Waals surface area contributed by atoms with E-state index in [9.17, 15) is 15.0 Å². The smallest absolute Gasteiger partial charge is 0.254 e. The predicted molar refractivity (Wildman–Crippen MR) is 146 cm³/mol. The van der Waals surface area contributed by atoms with E-state index in [1.54, 1.807) is 65.3 Å².